The number of rotatable bonds is 6. The van der Waals surface area contributed by atoms with Crippen molar-refractivity contribution in [2.75, 3.05) is 6.54 Å². The molecule has 0 N–H and O–H groups in total. The van der Waals surface area contributed by atoms with Gasteiger partial charge in [0, 0.05) is 28.5 Å². The van der Waals surface area contributed by atoms with Gasteiger partial charge in [-0.15, -0.1) is 0 Å². The van der Waals surface area contributed by atoms with Gasteiger partial charge in [0.1, 0.15) is 5.69 Å². The number of benzene rings is 3. The Morgan fingerprint density at radius 2 is 1.44 bits per heavy atom. The van der Waals surface area contributed by atoms with Gasteiger partial charge in [-0.2, -0.15) is 5.10 Å². The average molecular weight is 509 g/mol. The van der Waals surface area contributed by atoms with Crippen LogP contribution in [0.1, 0.15) is 33.6 Å². The molecular weight excluding hydrogens is 490 g/mol. The standard InChI is InChI=1S/C25H19BrClN3O2/c26-16-11-12-22-20(15-16)23(19-9-3-4-10-21(19)27)28-30(22)14-6-5-13-29-24(31)17-7-1-2-8-18(17)25(29)32/h1-4,7-12,15H,5-6,13-14H2. The predicted octanol–water partition coefficient (Wildman–Crippen LogP) is 6.20. The molecule has 1 aromatic heterocycles. The zero-order valence-electron chi connectivity index (χ0n) is 17.1. The molecule has 3 aromatic carbocycles. The summed E-state index contributed by atoms with van der Waals surface area (Å²) in [6.07, 6.45) is 1.48. The van der Waals surface area contributed by atoms with Gasteiger partial charge in [-0.25, -0.2) is 0 Å². The Kier molecular flexibility index (Phi) is 5.57. The van der Waals surface area contributed by atoms with Crippen LogP contribution in [0, 0.1) is 0 Å². The second-order valence-electron chi connectivity index (χ2n) is 7.73. The van der Waals surface area contributed by atoms with Crippen molar-refractivity contribution in [1.29, 1.82) is 0 Å². The summed E-state index contributed by atoms with van der Waals surface area (Å²) in [6.45, 7) is 1.07. The maximum absolute atomic E-state index is 12.5. The number of carbonyl (C=O) groups excluding carboxylic acids is 2. The summed E-state index contributed by atoms with van der Waals surface area (Å²) in [5.74, 6) is -0.415. The number of halogens is 2. The first-order valence-corrected chi connectivity index (χ1v) is 11.6. The molecule has 0 spiro atoms. The van der Waals surface area contributed by atoms with Crippen LogP contribution in [0.2, 0.25) is 5.02 Å². The topological polar surface area (TPSA) is 55.2 Å². The molecule has 0 fully saturated rings. The molecule has 2 heterocycles. The summed E-state index contributed by atoms with van der Waals surface area (Å²) in [6, 6.07) is 20.8. The maximum Gasteiger partial charge on any atom is 0.261 e. The van der Waals surface area contributed by atoms with Crippen molar-refractivity contribution in [1.82, 2.24) is 14.7 Å². The Bertz CT molecular complexity index is 1330. The van der Waals surface area contributed by atoms with Crippen molar-refractivity contribution >= 4 is 50.2 Å². The highest BCUT2D eigenvalue weighted by Crippen LogP contribution is 2.34. The Hall–Kier alpha value is -2.96. The van der Waals surface area contributed by atoms with Gasteiger partial charge in [0.05, 0.1) is 21.7 Å². The predicted molar refractivity (Wildman–Crippen MR) is 129 cm³/mol. The van der Waals surface area contributed by atoms with E-state index in [1.165, 1.54) is 4.90 Å². The fourth-order valence-corrected chi connectivity index (χ4v) is 4.73. The lowest BCUT2D eigenvalue weighted by atomic mass is 10.1. The lowest BCUT2D eigenvalue weighted by Gasteiger charge is -2.13. The van der Waals surface area contributed by atoms with Gasteiger partial charge >= 0.3 is 0 Å². The highest BCUT2D eigenvalue weighted by atomic mass is 79.9. The normalized spacial score (nSPS) is 13.2. The van der Waals surface area contributed by atoms with Crippen LogP contribution in [-0.2, 0) is 6.54 Å². The fourth-order valence-electron chi connectivity index (χ4n) is 4.15. The molecule has 1 aliphatic rings. The second-order valence-corrected chi connectivity index (χ2v) is 9.05. The molecule has 1 aliphatic heterocycles. The minimum Gasteiger partial charge on any atom is -0.274 e. The average Bonchev–Trinajstić information content (AvgIpc) is 3.27. The SMILES string of the molecule is O=C1c2ccccc2C(=O)N1CCCCn1nc(-c2ccccc2Cl)c2cc(Br)ccc21. The molecule has 0 bridgehead atoms. The van der Waals surface area contributed by atoms with E-state index >= 15 is 0 Å². The van der Waals surface area contributed by atoms with Crippen LogP contribution in [0.4, 0.5) is 0 Å². The molecule has 4 aromatic rings. The van der Waals surface area contributed by atoms with E-state index in [1.807, 2.05) is 41.1 Å². The minimum atomic E-state index is -0.207. The van der Waals surface area contributed by atoms with Crippen molar-refractivity contribution in [3.63, 3.8) is 0 Å². The van der Waals surface area contributed by atoms with Gasteiger partial charge in [-0.3, -0.25) is 19.2 Å². The van der Waals surface area contributed by atoms with Crippen molar-refractivity contribution in [2.45, 2.75) is 19.4 Å². The highest BCUT2D eigenvalue weighted by Gasteiger charge is 2.34. The van der Waals surface area contributed by atoms with Gasteiger partial charge in [-0.05, 0) is 49.2 Å². The van der Waals surface area contributed by atoms with Crippen molar-refractivity contribution in [3.8, 4) is 11.3 Å². The van der Waals surface area contributed by atoms with Crippen LogP contribution < -0.4 is 0 Å². The fraction of sp³-hybridized carbons (Fsp3) is 0.160. The quantitative estimate of drug-likeness (QED) is 0.230. The van der Waals surface area contributed by atoms with Gasteiger partial charge < -0.3 is 0 Å². The number of imide groups is 1. The Morgan fingerprint density at radius 3 is 2.12 bits per heavy atom. The second kappa shape index (κ2) is 8.52. The third kappa shape index (κ3) is 3.63. The summed E-state index contributed by atoms with van der Waals surface area (Å²) in [4.78, 5) is 26.4. The molecule has 5 nitrogen and oxygen atoms in total. The van der Waals surface area contributed by atoms with E-state index in [0.717, 1.165) is 33.1 Å². The van der Waals surface area contributed by atoms with E-state index in [1.54, 1.807) is 24.3 Å². The third-order valence-corrected chi connectivity index (χ3v) is 6.54. The summed E-state index contributed by atoms with van der Waals surface area (Å²) in [7, 11) is 0. The van der Waals surface area contributed by atoms with Crippen molar-refractivity contribution < 1.29 is 9.59 Å². The first kappa shape index (κ1) is 20.9. The Morgan fingerprint density at radius 1 is 0.812 bits per heavy atom. The van der Waals surface area contributed by atoms with Crippen LogP contribution in [0.25, 0.3) is 22.2 Å². The zero-order valence-corrected chi connectivity index (χ0v) is 19.4. The van der Waals surface area contributed by atoms with Gasteiger partial charge in [0.25, 0.3) is 11.8 Å². The minimum absolute atomic E-state index is 0.207. The van der Waals surface area contributed by atoms with E-state index in [4.69, 9.17) is 16.7 Å². The molecule has 7 heteroatoms. The molecule has 32 heavy (non-hydrogen) atoms. The van der Waals surface area contributed by atoms with Crippen LogP contribution in [0.15, 0.2) is 71.2 Å². The van der Waals surface area contributed by atoms with Gasteiger partial charge in [0.15, 0.2) is 0 Å². The lowest BCUT2D eigenvalue weighted by Crippen LogP contribution is -2.30. The number of hydrogen-bond donors (Lipinski definition) is 0. The molecule has 2 amide bonds. The summed E-state index contributed by atoms with van der Waals surface area (Å²) in [5.41, 5.74) is 3.73. The Balaban J connectivity index is 1.33. The largest absolute Gasteiger partial charge is 0.274 e. The number of aryl methyl sites for hydroxylation is 1. The summed E-state index contributed by atoms with van der Waals surface area (Å²) >= 11 is 10.00. The Labute approximate surface area is 198 Å². The molecule has 0 saturated carbocycles. The molecule has 0 atom stereocenters. The molecule has 0 aliphatic carbocycles. The van der Waals surface area contributed by atoms with Gasteiger partial charge in [-0.1, -0.05) is 57.9 Å². The molecule has 0 unspecified atom stereocenters. The molecule has 5 rings (SSSR count). The van der Waals surface area contributed by atoms with Gasteiger partial charge in [0.2, 0.25) is 0 Å². The number of hydrogen-bond acceptors (Lipinski definition) is 3. The highest BCUT2D eigenvalue weighted by molar-refractivity contribution is 9.10. The van der Waals surface area contributed by atoms with E-state index in [-0.39, 0.29) is 11.8 Å². The zero-order chi connectivity index (χ0) is 22.2. The number of unbranched alkanes of at least 4 members (excludes halogenated alkanes) is 1. The number of nitrogens with zero attached hydrogens (tertiary/aromatic N) is 3. The van der Waals surface area contributed by atoms with E-state index < -0.39 is 0 Å². The maximum atomic E-state index is 12.5. The lowest BCUT2D eigenvalue weighted by molar-refractivity contribution is 0.0651. The number of carbonyl (C=O) groups is 2. The molecule has 160 valence electrons. The van der Waals surface area contributed by atoms with Crippen LogP contribution >= 0.6 is 27.5 Å². The van der Waals surface area contributed by atoms with E-state index in [0.29, 0.717) is 35.7 Å². The van der Waals surface area contributed by atoms with E-state index in [2.05, 4.69) is 22.0 Å². The van der Waals surface area contributed by atoms with E-state index in [9.17, 15) is 9.59 Å². The molecule has 0 saturated heterocycles. The van der Waals surface area contributed by atoms with Crippen molar-refractivity contribution in [3.05, 3.63) is 87.4 Å². The van der Waals surface area contributed by atoms with Crippen LogP contribution in [-0.4, -0.2) is 33.0 Å². The first-order valence-electron chi connectivity index (χ1n) is 10.4. The monoisotopic (exact) mass is 507 g/mol. The van der Waals surface area contributed by atoms with Crippen LogP contribution in [0.5, 0.6) is 0 Å². The number of aromatic nitrogens is 2. The molecular formula is C25H19BrClN3O2. The van der Waals surface area contributed by atoms with Crippen molar-refractivity contribution in [2.24, 2.45) is 0 Å². The third-order valence-electron chi connectivity index (χ3n) is 5.72. The first-order chi connectivity index (χ1) is 15.5. The molecule has 0 radical (unpaired) electrons. The smallest absolute Gasteiger partial charge is 0.261 e. The summed E-state index contributed by atoms with van der Waals surface area (Å²) in [5, 5.41) is 6.54. The summed E-state index contributed by atoms with van der Waals surface area (Å²) < 4.78 is 2.95. The van der Waals surface area contributed by atoms with Crippen LogP contribution in [0.3, 0.4) is 0 Å². The number of fused-ring (bicyclic) bond motifs is 2. The number of amides is 2.